The van der Waals surface area contributed by atoms with Crippen LogP contribution in [-0.2, 0) is 10.1 Å². The van der Waals surface area contributed by atoms with E-state index in [1.807, 2.05) is 25.1 Å². The number of fused-ring (bicyclic) bond motifs is 3. The van der Waals surface area contributed by atoms with Crippen LogP contribution in [-0.4, -0.2) is 30.1 Å². The average Bonchev–Trinajstić information content (AvgIpc) is 2.91. The summed E-state index contributed by atoms with van der Waals surface area (Å²) >= 11 is 6.99. The van der Waals surface area contributed by atoms with Gasteiger partial charge in [-0.3, -0.25) is 0 Å². The molecule has 0 saturated carbocycles. The van der Waals surface area contributed by atoms with Gasteiger partial charge in [0, 0.05) is 27.4 Å². The number of allylic oxidation sites excluding steroid dienone is 1. The molecule has 0 amide bonds. The summed E-state index contributed by atoms with van der Waals surface area (Å²) in [6.07, 6.45) is 3.03. The van der Waals surface area contributed by atoms with Crippen LogP contribution in [0.1, 0.15) is 19.8 Å². The van der Waals surface area contributed by atoms with Crippen molar-refractivity contribution in [1.29, 1.82) is 0 Å². The van der Waals surface area contributed by atoms with E-state index < -0.39 is 10.1 Å². The Kier molecular flexibility index (Phi) is 7.73. The molecule has 0 unspecified atom stereocenters. The predicted octanol–water partition coefficient (Wildman–Crippen LogP) is 1.31. The monoisotopic (exact) mass is 415 g/mol. The second-order valence-corrected chi connectivity index (χ2v) is 8.92. The molecule has 1 aliphatic heterocycles. The number of hydrogen-bond donors (Lipinski definition) is 0. The Morgan fingerprint density at radius 2 is 2.00 bits per heavy atom. The van der Waals surface area contributed by atoms with Gasteiger partial charge in [-0.25, -0.2) is 8.42 Å². The maximum Gasteiger partial charge on any atom is 1.00 e. The molecule has 0 saturated heterocycles. The summed E-state index contributed by atoms with van der Waals surface area (Å²) < 4.78 is 32.9. The van der Waals surface area contributed by atoms with E-state index in [1.54, 1.807) is 11.8 Å². The molecular weight excluding hydrogens is 397 g/mol. The maximum atomic E-state index is 11.0. The first-order chi connectivity index (χ1) is 11.9. The van der Waals surface area contributed by atoms with Crippen molar-refractivity contribution >= 4 is 55.4 Å². The number of benzene rings is 2. The van der Waals surface area contributed by atoms with E-state index in [9.17, 15) is 13.0 Å². The first-order valence-electron chi connectivity index (χ1n) is 8.04. The molecule has 2 aromatic rings. The van der Waals surface area contributed by atoms with Gasteiger partial charge in [0.25, 0.3) is 0 Å². The molecule has 26 heavy (non-hydrogen) atoms. The molecule has 4 nitrogen and oxygen atoms in total. The minimum Gasteiger partial charge on any atom is -0.748 e. The molecular formula is C18H18NNaO3S3. The number of thioether (sulfide) groups is 1. The average molecular weight is 416 g/mol. The largest absolute Gasteiger partial charge is 1.00 e. The van der Waals surface area contributed by atoms with Crippen molar-refractivity contribution in [3.05, 3.63) is 47.5 Å². The van der Waals surface area contributed by atoms with Crippen LogP contribution >= 0.6 is 24.0 Å². The van der Waals surface area contributed by atoms with Gasteiger partial charge in [0.15, 0.2) is 0 Å². The van der Waals surface area contributed by atoms with Gasteiger partial charge in [0.2, 0.25) is 0 Å². The van der Waals surface area contributed by atoms with Gasteiger partial charge in [0.1, 0.15) is 0 Å². The van der Waals surface area contributed by atoms with E-state index in [4.69, 9.17) is 12.2 Å². The van der Waals surface area contributed by atoms with Crippen LogP contribution in [0.4, 0.5) is 5.69 Å². The van der Waals surface area contributed by atoms with Crippen LogP contribution in [0.25, 0.3) is 10.8 Å². The SMILES string of the molecule is CCC(=S)/C=C1\Sc2ccc3ccccc3c2N1CCCS(=O)(=O)[O-].[Na+]. The number of anilines is 1. The minimum absolute atomic E-state index is 0. The van der Waals surface area contributed by atoms with Crippen LogP contribution in [0.2, 0.25) is 0 Å². The quantitative estimate of drug-likeness (QED) is 0.307. The Morgan fingerprint density at radius 3 is 2.69 bits per heavy atom. The molecule has 3 rings (SSSR count). The Hall–Kier alpha value is -0.410. The fourth-order valence-corrected chi connectivity index (χ4v) is 4.68. The third-order valence-electron chi connectivity index (χ3n) is 4.02. The van der Waals surface area contributed by atoms with Crippen LogP contribution in [0.3, 0.4) is 0 Å². The summed E-state index contributed by atoms with van der Waals surface area (Å²) in [5.41, 5.74) is 1.07. The molecule has 1 heterocycles. The summed E-state index contributed by atoms with van der Waals surface area (Å²) in [7, 11) is -4.21. The molecule has 1 aliphatic rings. The normalized spacial score (nSPS) is 15.2. The molecule has 0 aromatic heterocycles. The first kappa shape index (κ1) is 21.9. The third kappa shape index (κ3) is 5.10. The molecule has 0 radical (unpaired) electrons. The first-order valence-corrected chi connectivity index (χ1v) is 10.8. The van der Waals surface area contributed by atoms with Crippen LogP contribution < -0.4 is 34.5 Å². The fourth-order valence-electron chi connectivity index (χ4n) is 2.84. The molecule has 0 aliphatic carbocycles. The van der Waals surface area contributed by atoms with Gasteiger partial charge < -0.3 is 9.45 Å². The number of thiocarbonyl (C=S) groups is 1. The second kappa shape index (κ2) is 9.19. The molecule has 0 fully saturated rings. The zero-order chi connectivity index (χ0) is 18.0. The topological polar surface area (TPSA) is 60.4 Å². The van der Waals surface area contributed by atoms with Crippen molar-refractivity contribution in [2.45, 2.75) is 24.7 Å². The maximum absolute atomic E-state index is 11.0. The van der Waals surface area contributed by atoms with Crippen molar-refractivity contribution < 1.29 is 42.5 Å². The van der Waals surface area contributed by atoms with E-state index in [1.165, 1.54) is 0 Å². The third-order valence-corrected chi connectivity index (χ3v) is 6.31. The summed E-state index contributed by atoms with van der Waals surface area (Å²) in [6.45, 7) is 2.48. The minimum atomic E-state index is -4.21. The second-order valence-electron chi connectivity index (χ2n) is 5.80. The number of hydrogen-bond acceptors (Lipinski definition) is 6. The van der Waals surface area contributed by atoms with Crippen LogP contribution in [0.5, 0.6) is 0 Å². The van der Waals surface area contributed by atoms with Crippen molar-refractivity contribution in [3.8, 4) is 0 Å². The molecule has 8 heteroatoms. The Labute approximate surface area is 186 Å². The Bertz CT molecular complexity index is 957. The van der Waals surface area contributed by atoms with Crippen LogP contribution in [0, 0.1) is 0 Å². The Morgan fingerprint density at radius 1 is 1.27 bits per heavy atom. The molecule has 0 bridgehead atoms. The van der Waals surface area contributed by atoms with Gasteiger partial charge in [-0.2, -0.15) is 0 Å². The summed E-state index contributed by atoms with van der Waals surface area (Å²) in [6, 6.07) is 12.3. The van der Waals surface area contributed by atoms with Crippen molar-refractivity contribution in [3.63, 3.8) is 0 Å². The van der Waals surface area contributed by atoms with Gasteiger partial charge in [-0.1, -0.05) is 61.2 Å². The zero-order valence-electron chi connectivity index (χ0n) is 14.8. The Balaban J connectivity index is 0.00000243. The van der Waals surface area contributed by atoms with Crippen molar-refractivity contribution in [2.24, 2.45) is 0 Å². The van der Waals surface area contributed by atoms with E-state index >= 15 is 0 Å². The van der Waals surface area contributed by atoms with Gasteiger partial charge in [-0.05, 0) is 30.4 Å². The smallest absolute Gasteiger partial charge is 0.748 e. The van der Waals surface area contributed by atoms with E-state index in [2.05, 4.69) is 29.2 Å². The van der Waals surface area contributed by atoms with E-state index in [0.29, 0.717) is 6.54 Å². The molecule has 0 spiro atoms. The summed E-state index contributed by atoms with van der Waals surface area (Å²) in [5.74, 6) is -0.361. The van der Waals surface area contributed by atoms with Gasteiger partial charge in [0.05, 0.1) is 20.8 Å². The standard InChI is InChI=1S/C18H19NO3S3.Na/c1-2-14(23)12-17-19(10-5-11-25(20,21)22)18-15-7-4-3-6-13(15)8-9-16(18)24-17;/h3-4,6-9,12H,2,5,10-11H2,1H3,(H,20,21,22);/q;+1/p-1/b17-12-;. The molecule has 0 N–H and O–H groups in total. The summed E-state index contributed by atoms with van der Waals surface area (Å²) in [5, 5.41) is 3.23. The molecule has 2 aromatic carbocycles. The van der Waals surface area contributed by atoms with Crippen molar-refractivity contribution in [2.75, 3.05) is 17.2 Å². The van der Waals surface area contributed by atoms with Gasteiger partial charge >= 0.3 is 29.6 Å². The fraction of sp³-hybridized carbons (Fsp3) is 0.278. The zero-order valence-corrected chi connectivity index (χ0v) is 19.2. The van der Waals surface area contributed by atoms with E-state index in [-0.39, 0.29) is 41.7 Å². The number of rotatable bonds is 6. The summed E-state index contributed by atoms with van der Waals surface area (Å²) in [4.78, 5) is 4.06. The number of nitrogens with zero attached hydrogens (tertiary/aromatic N) is 1. The van der Waals surface area contributed by atoms with Crippen LogP contribution in [0.15, 0.2) is 52.4 Å². The predicted molar refractivity (Wildman–Crippen MR) is 107 cm³/mol. The molecule has 132 valence electrons. The van der Waals surface area contributed by atoms with Crippen molar-refractivity contribution in [1.82, 2.24) is 0 Å². The van der Waals surface area contributed by atoms with E-state index in [0.717, 1.165) is 37.7 Å². The van der Waals surface area contributed by atoms with Gasteiger partial charge in [-0.15, -0.1) is 0 Å². The molecule has 0 atom stereocenters.